The number of pyridine rings is 1. The van der Waals surface area contributed by atoms with Crippen LogP contribution in [-0.4, -0.2) is 55.2 Å². The summed E-state index contributed by atoms with van der Waals surface area (Å²) < 4.78 is 17.9. The second-order valence-electron chi connectivity index (χ2n) is 14.5. The van der Waals surface area contributed by atoms with E-state index in [9.17, 15) is 10.1 Å². The molecule has 1 amide bonds. The molecular formula is C34H46N6O4Si. The Balaban J connectivity index is 1.79. The third-order valence-corrected chi connectivity index (χ3v) is 13.1. The molecule has 1 aliphatic heterocycles. The molecule has 1 N–H and O–H groups in total. The van der Waals surface area contributed by atoms with Gasteiger partial charge in [0.1, 0.15) is 11.7 Å². The molecule has 1 atom stereocenters. The number of carbonyl (C=O) groups is 1. The van der Waals surface area contributed by atoms with Crippen molar-refractivity contribution in [1.82, 2.24) is 15.0 Å². The van der Waals surface area contributed by atoms with Crippen LogP contribution in [0.4, 0.5) is 22.1 Å². The van der Waals surface area contributed by atoms with E-state index in [4.69, 9.17) is 18.9 Å². The summed E-state index contributed by atoms with van der Waals surface area (Å²) in [6.45, 7) is 23.2. The summed E-state index contributed by atoms with van der Waals surface area (Å²) >= 11 is 0. The van der Waals surface area contributed by atoms with E-state index in [-0.39, 0.29) is 5.04 Å². The number of hydrogen-bond donors (Lipinski definition) is 1. The molecule has 1 aromatic carbocycles. The monoisotopic (exact) mass is 630 g/mol. The molecule has 45 heavy (non-hydrogen) atoms. The second-order valence-corrected chi connectivity index (χ2v) is 19.4. The fourth-order valence-corrected chi connectivity index (χ4v) is 6.11. The molecule has 2 aromatic heterocycles. The largest absolute Gasteiger partial charge is 0.481 e. The van der Waals surface area contributed by atoms with Crippen molar-refractivity contribution in [2.45, 2.75) is 91.5 Å². The highest BCUT2D eigenvalue weighted by atomic mass is 28.4. The molecule has 3 aromatic rings. The van der Waals surface area contributed by atoms with E-state index in [1.165, 1.54) is 0 Å². The van der Waals surface area contributed by atoms with Gasteiger partial charge in [0.25, 0.3) is 0 Å². The standard InChI is InChI=1S/C34H46N6O4Si/c1-21-15-27(22(2)37-29(21)42-10)39-30-36-14-13-26(38-30)23-16-24(18-35)28-25(17-23)34(9,20-43-45(11,12)33(6,7)8)19-40(28)31(41)44-32(3,4)5/h13-17H,19-20H2,1-12H3,(H,36,38,39)/t34-/m1/s1. The molecule has 3 heterocycles. The maximum Gasteiger partial charge on any atom is 0.414 e. The average molecular weight is 631 g/mol. The molecule has 0 aliphatic carbocycles. The van der Waals surface area contributed by atoms with Crippen LogP contribution in [0.5, 0.6) is 5.88 Å². The normalized spacial score (nSPS) is 16.6. The number of nitrogens with one attached hydrogen (secondary N) is 1. The number of hydrogen-bond acceptors (Lipinski definition) is 9. The number of methoxy groups -OCH3 is 1. The molecule has 10 nitrogen and oxygen atoms in total. The quantitative estimate of drug-likeness (QED) is 0.260. The molecule has 0 unspecified atom stereocenters. The number of carbonyl (C=O) groups excluding carboxylic acids is 1. The first-order chi connectivity index (χ1) is 20.8. The molecular weight excluding hydrogens is 584 g/mol. The number of nitrogens with zero attached hydrogens (tertiary/aromatic N) is 5. The Hall–Kier alpha value is -4.01. The molecule has 0 bridgehead atoms. The van der Waals surface area contributed by atoms with E-state index >= 15 is 0 Å². The fourth-order valence-electron chi connectivity index (χ4n) is 5.00. The summed E-state index contributed by atoms with van der Waals surface area (Å²) in [6.07, 6.45) is 1.19. The highest BCUT2D eigenvalue weighted by molar-refractivity contribution is 6.74. The molecule has 1 aliphatic rings. The lowest BCUT2D eigenvalue weighted by molar-refractivity contribution is 0.0575. The van der Waals surface area contributed by atoms with E-state index in [0.29, 0.717) is 41.9 Å². The maximum absolute atomic E-state index is 13.5. The van der Waals surface area contributed by atoms with Crippen LogP contribution in [0.3, 0.4) is 0 Å². The summed E-state index contributed by atoms with van der Waals surface area (Å²) in [7, 11) is -0.534. The van der Waals surface area contributed by atoms with Gasteiger partial charge in [0, 0.05) is 35.9 Å². The number of aryl methyl sites for hydroxylation is 2. The number of fused-ring (bicyclic) bond motifs is 1. The van der Waals surface area contributed by atoms with Crippen molar-refractivity contribution < 1.29 is 18.7 Å². The third-order valence-electron chi connectivity index (χ3n) is 8.58. The van der Waals surface area contributed by atoms with E-state index in [0.717, 1.165) is 28.1 Å². The molecule has 0 fully saturated rings. The summed E-state index contributed by atoms with van der Waals surface area (Å²) in [4.78, 5) is 28.9. The highest BCUT2D eigenvalue weighted by Crippen LogP contribution is 2.47. The lowest BCUT2D eigenvalue weighted by Gasteiger charge is -2.39. The van der Waals surface area contributed by atoms with Crippen LogP contribution in [-0.2, 0) is 14.6 Å². The fraction of sp³-hybridized carbons (Fsp3) is 0.500. The number of rotatable bonds is 7. The van der Waals surface area contributed by atoms with Gasteiger partial charge in [0.2, 0.25) is 11.8 Å². The van der Waals surface area contributed by atoms with E-state index in [2.05, 4.69) is 62.1 Å². The van der Waals surface area contributed by atoms with Crippen molar-refractivity contribution in [3.05, 3.63) is 52.8 Å². The van der Waals surface area contributed by atoms with Gasteiger partial charge in [-0.2, -0.15) is 5.26 Å². The summed E-state index contributed by atoms with van der Waals surface area (Å²) in [5.74, 6) is 0.955. The molecule has 0 saturated carbocycles. The Bertz CT molecular complexity index is 1650. The van der Waals surface area contributed by atoms with Gasteiger partial charge in [0.15, 0.2) is 8.32 Å². The molecule has 240 valence electrons. The number of aromatic nitrogens is 3. The number of anilines is 3. The second kappa shape index (κ2) is 12.1. The van der Waals surface area contributed by atoms with Crippen LogP contribution in [0.1, 0.15) is 70.9 Å². The first-order valence-electron chi connectivity index (χ1n) is 15.1. The van der Waals surface area contributed by atoms with Crippen molar-refractivity contribution in [1.29, 1.82) is 5.26 Å². The van der Waals surface area contributed by atoms with Gasteiger partial charge in [-0.3, -0.25) is 4.90 Å². The lowest BCUT2D eigenvalue weighted by atomic mass is 9.83. The van der Waals surface area contributed by atoms with E-state index < -0.39 is 25.4 Å². The topological polar surface area (TPSA) is 122 Å². The number of amides is 1. The Morgan fingerprint density at radius 1 is 1.13 bits per heavy atom. The van der Waals surface area contributed by atoms with Gasteiger partial charge in [0.05, 0.1) is 35.4 Å². The van der Waals surface area contributed by atoms with Gasteiger partial charge in [-0.05, 0) is 82.6 Å². The van der Waals surface area contributed by atoms with Crippen molar-refractivity contribution in [2.75, 3.05) is 30.5 Å². The third kappa shape index (κ3) is 7.13. The molecule has 4 rings (SSSR count). The number of benzene rings is 1. The van der Waals surface area contributed by atoms with Crippen LogP contribution < -0.4 is 15.0 Å². The van der Waals surface area contributed by atoms with Gasteiger partial charge in [-0.15, -0.1) is 0 Å². The average Bonchev–Trinajstić information content (AvgIpc) is 3.25. The van der Waals surface area contributed by atoms with Crippen molar-refractivity contribution in [2.24, 2.45) is 0 Å². The minimum atomic E-state index is -2.13. The predicted molar refractivity (Wildman–Crippen MR) is 180 cm³/mol. The Kier molecular flexibility index (Phi) is 9.08. The smallest absolute Gasteiger partial charge is 0.414 e. The zero-order valence-electron chi connectivity index (χ0n) is 28.7. The Morgan fingerprint density at radius 3 is 2.42 bits per heavy atom. The zero-order valence-corrected chi connectivity index (χ0v) is 29.7. The summed E-state index contributed by atoms with van der Waals surface area (Å²) in [6, 6.07) is 9.88. The Labute approximate surface area is 268 Å². The van der Waals surface area contributed by atoms with Crippen molar-refractivity contribution >= 4 is 31.7 Å². The number of ether oxygens (including phenoxy) is 2. The first kappa shape index (κ1) is 33.9. The van der Waals surface area contributed by atoms with Crippen LogP contribution in [0.25, 0.3) is 11.3 Å². The molecule has 11 heteroatoms. The predicted octanol–water partition coefficient (Wildman–Crippen LogP) is 7.81. The molecule has 0 saturated heterocycles. The van der Waals surface area contributed by atoms with Crippen LogP contribution in [0.2, 0.25) is 18.1 Å². The Morgan fingerprint density at radius 2 is 1.82 bits per heavy atom. The molecule has 0 radical (unpaired) electrons. The van der Waals surface area contributed by atoms with E-state index in [1.54, 1.807) is 24.3 Å². The number of nitriles is 1. The first-order valence-corrected chi connectivity index (χ1v) is 18.1. The zero-order chi connectivity index (χ0) is 33.5. The van der Waals surface area contributed by atoms with Gasteiger partial charge in [-0.25, -0.2) is 19.7 Å². The minimum absolute atomic E-state index is 0.00989. The van der Waals surface area contributed by atoms with Crippen molar-refractivity contribution in [3.8, 4) is 23.2 Å². The highest BCUT2D eigenvalue weighted by Gasteiger charge is 2.47. The van der Waals surface area contributed by atoms with Crippen LogP contribution >= 0.6 is 0 Å². The SMILES string of the molecule is COc1nc(C)c(Nc2nccc(-c3cc(C#N)c4c(c3)[C@@](C)(CO[Si](C)(C)C(C)(C)C)CN4C(=O)OC(C)(C)C)n2)cc1C. The van der Waals surface area contributed by atoms with Crippen molar-refractivity contribution in [3.63, 3.8) is 0 Å². The van der Waals surface area contributed by atoms with E-state index in [1.807, 2.05) is 52.8 Å². The van der Waals surface area contributed by atoms with Crippen LogP contribution in [0.15, 0.2) is 30.5 Å². The van der Waals surface area contributed by atoms with Gasteiger partial charge < -0.3 is 19.2 Å². The maximum atomic E-state index is 13.5. The summed E-state index contributed by atoms with van der Waals surface area (Å²) in [5, 5.41) is 13.7. The minimum Gasteiger partial charge on any atom is -0.481 e. The molecule has 0 spiro atoms. The van der Waals surface area contributed by atoms with Gasteiger partial charge in [-0.1, -0.05) is 27.7 Å². The van der Waals surface area contributed by atoms with Crippen LogP contribution in [0, 0.1) is 25.2 Å². The van der Waals surface area contributed by atoms with Gasteiger partial charge >= 0.3 is 6.09 Å². The lowest BCUT2D eigenvalue weighted by Crippen LogP contribution is -2.46. The summed E-state index contributed by atoms with van der Waals surface area (Å²) in [5.41, 5.74) is 4.24.